The number of carbonyl (C=O) groups is 2. The van der Waals surface area contributed by atoms with Crippen LogP contribution in [0.3, 0.4) is 0 Å². The van der Waals surface area contributed by atoms with Gasteiger partial charge < -0.3 is 23.8 Å². The highest BCUT2D eigenvalue weighted by molar-refractivity contribution is 7.48. The first-order chi connectivity index (χ1) is 30.8. The number of phosphoric acid groups is 1. The maximum Gasteiger partial charge on any atom is 0.474 e. The minimum atomic E-state index is -3.49. The van der Waals surface area contributed by atoms with Crippen LogP contribution in [-0.4, -0.2) is 89.0 Å². The van der Waals surface area contributed by atoms with Gasteiger partial charge in [0, 0.05) is 26.1 Å². The van der Waals surface area contributed by atoms with Crippen LogP contribution in [0.25, 0.3) is 0 Å². The number of hydrogen-bond donors (Lipinski definition) is 0. The Bertz CT molecular complexity index is 1070. The summed E-state index contributed by atoms with van der Waals surface area (Å²) in [6.45, 7) is 16.2. The lowest BCUT2D eigenvalue weighted by Gasteiger charge is -2.23. The van der Waals surface area contributed by atoms with Gasteiger partial charge in [0.1, 0.15) is 0 Å². The summed E-state index contributed by atoms with van der Waals surface area (Å²) >= 11 is 0. The van der Waals surface area contributed by atoms with Crippen LogP contribution in [0.5, 0.6) is 0 Å². The molecule has 0 N–H and O–H groups in total. The maximum absolute atomic E-state index is 12.7. The predicted molar refractivity (Wildman–Crippen MR) is 260 cm³/mol. The fourth-order valence-corrected chi connectivity index (χ4v) is 8.27. The van der Waals surface area contributed by atoms with E-state index in [1.54, 1.807) is 13.8 Å². The second-order valence-electron chi connectivity index (χ2n) is 16.6. The molecule has 0 aromatic rings. The zero-order chi connectivity index (χ0) is 46.2. The number of ether oxygens (including phenoxy) is 4. The highest BCUT2D eigenvalue weighted by Gasteiger charge is 2.24. The Hall–Kier alpha value is -1.59. The zero-order valence-corrected chi connectivity index (χ0v) is 42.3. The van der Waals surface area contributed by atoms with Crippen LogP contribution in [0.15, 0.2) is 24.3 Å². The molecule has 0 unspecified atom stereocenters. The van der Waals surface area contributed by atoms with Gasteiger partial charge in [-0.1, -0.05) is 116 Å². The minimum Gasteiger partial charge on any atom is -0.466 e. The molecular formula is C51H98NO10P. The van der Waals surface area contributed by atoms with Crippen LogP contribution in [-0.2, 0) is 46.7 Å². The monoisotopic (exact) mass is 916 g/mol. The second-order valence-corrected chi connectivity index (χ2v) is 18.3. The first kappa shape index (κ1) is 61.4. The van der Waals surface area contributed by atoms with E-state index in [0.29, 0.717) is 52.3 Å². The van der Waals surface area contributed by atoms with Crippen molar-refractivity contribution in [2.45, 2.75) is 227 Å². The van der Waals surface area contributed by atoms with Crippen molar-refractivity contribution < 1.29 is 46.7 Å². The Labute approximate surface area is 387 Å². The zero-order valence-electron chi connectivity index (χ0n) is 41.4. The second kappa shape index (κ2) is 48.3. The molecule has 0 aliphatic carbocycles. The van der Waals surface area contributed by atoms with E-state index in [4.69, 9.17) is 32.5 Å². The van der Waals surface area contributed by atoms with Crippen molar-refractivity contribution >= 4 is 19.8 Å². The Balaban J connectivity index is 4.57. The quantitative estimate of drug-likeness (QED) is 0.0191. The van der Waals surface area contributed by atoms with Crippen LogP contribution in [0.4, 0.5) is 0 Å². The van der Waals surface area contributed by atoms with Crippen LogP contribution >= 0.6 is 7.82 Å². The number of allylic oxidation sites excluding steroid dienone is 4. The number of phosphoric ester groups is 1. The standard InChI is InChI=1S/C51H98NO10P/c1-6-11-14-17-20-27-33-44-56-49(53)38-29-22-21-23-30-41-52(43-32-37-48-62-63(55,60-9-4)61-10-5)42-31-24-28-34-45-57-50(54)39-40-51(58-46-35-25-18-15-12-7-2)59-47-36-26-19-16-13-8-3/h12-13,15-16,51H,6-11,14,17-48H2,1-5H3/b15-12-,16-13-. The summed E-state index contributed by atoms with van der Waals surface area (Å²) in [7, 11) is -3.49. The van der Waals surface area contributed by atoms with Crippen LogP contribution in [0, 0.1) is 0 Å². The number of nitrogens with zero attached hydrogens (tertiary/aromatic N) is 1. The summed E-state index contributed by atoms with van der Waals surface area (Å²) in [5, 5.41) is 0. The molecule has 0 radical (unpaired) electrons. The van der Waals surface area contributed by atoms with Crippen molar-refractivity contribution in [2.75, 3.05) is 65.9 Å². The van der Waals surface area contributed by atoms with Gasteiger partial charge in [0.15, 0.2) is 6.29 Å². The van der Waals surface area contributed by atoms with E-state index in [9.17, 15) is 14.2 Å². The van der Waals surface area contributed by atoms with E-state index in [0.717, 1.165) is 154 Å². The molecule has 0 rings (SSSR count). The molecule has 12 heteroatoms. The number of esters is 2. The van der Waals surface area contributed by atoms with Crippen LogP contribution in [0.2, 0.25) is 0 Å². The fourth-order valence-electron chi connectivity index (χ4n) is 7.06. The van der Waals surface area contributed by atoms with Gasteiger partial charge in [0.05, 0.1) is 39.5 Å². The molecule has 0 atom stereocenters. The largest absolute Gasteiger partial charge is 0.474 e. The van der Waals surface area contributed by atoms with Crippen molar-refractivity contribution in [3.63, 3.8) is 0 Å². The van der Waals surface area contributed by atoms with Crippen LogP contribution in [0.1, 0.15) is 221 Å². The van der Waals surface area contributed by atoms with Gasteiger partial charge in [0.25, 0.3) is 0 Å². The average molecular weight is 916 g/mol. The van der Waals surface area contributed by atoms with E-state index in [-0.39, 0.29) is 31.4 Å². The van der Waals surface area contributed by atoms with E-state index in [1.165, 1.54) is 32.1 Å². The van der Waals surface area contributed by atoms with Gasteiger partial charge in [-0.25, -0.2) is 4.57 Å². The van der Waals surface area contributed by atoms with Crippen molar-refractivity contribution in [3.8, 4) is 0 Å². The van der Waals surface area contributed by atoms with E-state index < -0.39 is 7.82 Å². The van der Waals surface area contributed by atoms with Crippen molar-refractivity contribution in [1.82, 2.24) is 4.90 Å². The smallest absolute Gasteiger partial charge is 0.466 e. The van der Waals surface area contributed by atoms with Crippen molar-refractivity contribution in [2.24, 2.45) is 0 Å². The van der Waals surface area contributed by atoms with Gasteiger partial charge in [-0.15, -0.1) is 0 Å². The van der Waals surface area contributed by atoms with Gasteiger partial charge in [0.2, 0.25) is 0 Å². The lowest BCUT2D eigenvalue weighted by molar-refractivity contribution is -0.159. The van der Waals surface area contributed by atoms with Crippen LogP contribution < -0.4 is 0 Å². The first-order valence-corrected chi connectivity index (χ1v) is 27.4. The van der Waals surface area contributed by atoms with Gasteiger partial charge in [-0.2, -0.15) is 0 Å². The molecular weight excluding hydrogens is 818 g/mol. The maximum atomic E-state index is 12.7. The highest BCUT2D eigenvalue weighted by Crippen LogP contribution is 2.49. The van der Waals surface area contributed by atoms with Gasteiger partial charge >= 0.3 is 19.8 Å². The molecule has 63 heavy (non-hydrogen) atoms. The summed E-state index contributed by atoms with van der Waals surface area (Å²) in [5.74, 6) is -0.239. The van der Waals surface area contributed by atoms with Crippen molar-refractivity contribution in [3.05, 3.63) is 24.3 Å². The third-order valence-corrected chi connectivity index (χ3v) is 12.4. The summed E-state index contributed by atoms with van der Waals surface area (Å²) in [5.41, 5.74) is 0. The Kier molecular flexibility index (Phi) is 47.1. The Morgan fingerprint density at radius 3 is 1.40 bits per heavy atom. The lowest BCUT2D eigenvalue weighted by atomic mass is 10.1. The normalized spacial score (nSPS) is 12.2. The van der Waals surface area contributed by atoms with Gasteiger partial charge in [-0.05, 0) is 130 Å². The molecule has 0 bridgehead atoms. The molecule has 0 aromatic heterocycles. The summed E-state index contributed by atoms with van der Waals surface area (Å²) in [4.78, 5) is 27.3. The molecule has 0 spiro atoms. The molecule has 0 amide bonds. The van der Waals surface area contributed by atoms with E-state index in [2.05, 4.69) is 50.0 Å². The molecule has 372 valence electrons. The molecule has 11 nitrogen and oxygen atoms in total. The fraction of sp³-hybridized carbons (Fsp3) is 0.882. The van der Waals surface area contributed by atoms with Gasteiger partial charge in [-0.3, -0.25) is 23.2 Å². The average Bonchev–Trinajstić information content (AvgIpc) is 3.27. The molecule has 0 aromatic carbocycles. The topological polar surface area (TPSA) is 119 Å². The molecule has 0 fully saturated rings. The lowest BCUT2D eigenvalue weighted by Crippen LogP contribution is -2.27. The summed E-state index contributed by atoms with van der Waals surface area (Å²) in [6.07, 6.45) is 37.7. The molecule has 0 saturated carbocycles. The molecule has 0 aliphatic heterocycles. The number of rotatable bonds is 50. The predicted octanol–water partition coefficient (Wildman–Crippen LogP) is 14.4. The molecule has 0 heterocycles. The molecule has 0 saturated heterocycles. The third kappa shape index (κ3) is 44.0. The SMILES string of the molecule is CC/C=C\CCCCOC(CCC(=O)OCCCCCCN(CCCCCCCC(=O)OCCCCCCCCC)CCCCOP(=O)(OCC)OCC)OCCCC/C=C\CC. The summed E-state index contributed by atoms with van der Waals surface area (Å²) in [6, 6.07) is 0. The Morgan fingerprint density at radius 2 is 0.889 bits per heavy atom. The summed E-state index contributed by atoms with van der Waals surface area (Å²) < 4.78 is 51.9. The van der Waals surface area contributed by atoms with Crippen molar-refractivity contribution in [1.29, 1.82) is 0 Å². The number of carbonyl (C=O) groups excluding carboxylic acids is 2. The number of hydrogen-bond acceptors (Lipinski definition) is 11. The minimum absolute atomic E-state index is 0.0536. The van der Waals surface area contributed by atoms with E-state index in [1.807, 2.05) is 0 Å². The third-order valence-electron chi connectivity index (χ3n) is 10.7. The van der Waals surface area contributed by atoms with E-state index >= 15 is 0 Å². The Morgan fingerprint density at radius 1 is 0.460 bits per heavy atom. The number of unbranched alkanes of at least 4 members (excludes halogenated alkanes) is 18. The highest BCUT2D eigenvalue weighted by atomic mass is 31.2. The first-order valence-electron chi connectivity index (χ1n) is 25.9. The molecule has 0 aliphatic rings.